The first kappa shape index (κ1) is 14.6. The van der Waals surface area contributed by atoms with Gasteiger partial charge in [0.15, 0.2) is 5.75 Å². The van der Waals surface area contributed by atoms with E-state index in [0.717, 1.165) is 18.8 Å². The Bertz CT molecular complexity index is 534. The Kier molecular flexibility index (Phi) is 5.18. The van der Waals surface area contributed by atoms with E-state index in [4.69, 9.17) is 4.74 Å². The zero-order chi connectivity index (χ0) is 14.4. The summed E-state index contributed by atoms with van der Waals surface area (Å²) in [7, 11) is 0. The molecule has 0 aliphatic rings. The fraction of sp³-hybridized carbons (Fsp3) is 0.438. The van der Waals surface area contributed by atoms with Crippen LogP contribution in [0.25, 0.3) is 0 Å². The van der Waals surface area contributed by atoms with Crippen molar-refractivity contribution in [1.29, 1.82) is 0 Å². The third-order valence-corrected chi connectivity index (χ3v) is 3.08. The highest BCUT2D eigenvalue weighted by Crippen LogP contribution is 2.15. The number of nitrogens with one attached hydrogen (secondary N) is 1. The summed E-state index contributed by atoms with van der Waals surface area (Å²) in [5.74, 6) is 0.816. The third kappa shape index (κ3) is 4.10. The van der Waals surface area contributed by atoms with Gasteiger partial charge in [0, 0.05) is 12.6 Å². The van der Waals surface area contributed by atoms with Crippen LogP contribution >= 0.6 is 0 Å². The van der Waals surface area contributed by atoms with Crippen molar-refractivity contribution in [2.45, 2.75) is 40.0 Å². The average molecular weight is 273 g/mol. The molecule has 0 atom stereocenters. The van der Waals surface area contributed by atoms with Crippen molar-refractivity contribution >= 4 is 0 Å². The Morgan fingerprint density at radius 2 is 2.10 bits per heavy atom. The van der Waals surface area contributed by atoms with Crippen LogP contribution in [0.5, 0.6) is 5.75 Å². The molecule has 0 saturated carbocycles. The van der Waals surface area contributed by atoms with E-state index in [1.165, 1.54) is 11.1 Å². The molecule has 0 aliphatic carbocycles. The van der Waals surface area contributed by atoms with Crippen LogP contribution in [-0.2, 0) is 13.2 Å². The first-order valence-electron chi connectivity index (χ1n) is 7.14. The summed E-state index contributed by atoms with van der Waals surface area (Å²) in [5.41, 5.74) is 2.46. The molecule has 2 aromatic rings. The monoisotopic (exact) mass is 273 g/mol. The smallest absolute Gasteiger partial charge is 0.157 e. The molecule has 1 aromatic carbocycles. The Hall–Kier alpha value is -1.81. The fourth-order valence-electron chi connectivity index (χ4n) is 1.94. The number of nitrogens with zero attached hydrogens (tertiary/aromatic N) is 2. The molecule has 20 heavy (non-hydrogen) atoms. The van der Waals surface area contributed by atoms with E-state index >= 15 is 0 Å². The molecule has 0 bridgehead atoms. The first-order valence-corrected chi connectivity index (χ1v) is 7.14. The molecule has 4 nitrogen and oxygen atoms in total. The fourth-order valence-corrected chi connectivity index (χ4v) is 1.94. The van der Waals surface area contributed by atoms with Crippen molar-refractivity contribution in [3.63, 3.8) is 0 Å². The largest absolute Gasteiger partial charge is 0.486 e. The zero-order valence-electron chi connectivity index (χ0n) is 12.5. The van der Waals surface area contributed by atoms with Crippen LogP contribution in [0.3, 0.4) is 0 Å². The van der Waals surface area contributed by atoms with Gasteiger partial charge in [-0.2, -0.15) is 5.10 Å². The number of hydrogen-bond donors (Lipinski definition) is 1. The lowest BCUT2D eigenvalue weighted by molar-refractivity contribution is 0.305. The van der Waals surface area contributed by atoms with Crippen molar-refractivity contribution in [1.82, 2.24) is 15.1 Å². The maximum atomic E-state index is 5.78. The average Bonchev–Trinajstić information content (AvgIpc) is 2.92. The summed E-state index contributed by atoms with van der Waals surface area (Å²) >= 11 is 0. The van der Waals surface area contributed by atoms with Gasteiger partial charge in [-0.25, -0.2) is 0 Å². The summed E-state index contributed by atoms with van der Waals surface area (Å²) in [5, 5.41) is 7.59. The number of benzene rings is 1. The lowest BCUT2D eigenvalue weighted by atomic mass is 10.1. The summed E-state index contributed by atoms with van der Waals surface area (Å²) in [6.45, 7) is 8.76. The minimum atomic E-state index is 0.357. The second-order valence-electron chi connectivity index (χ2n) is 5.14. The van der Waals surface area contributed by atoms with Gasteiger partial charge in [-0.1, -0.05) is 31.2 Å². The van der Waals surface area contributed by atoms with Gasteiger partial charge in [0.25, 0.3) is 0 Å². The van der Waals surface area contributed by atoms with Crippen molar-refractivity contribution in [2.24, 2.45) is 0 Å². The summed E-state index contributed by atoms with van der Waals surface area (Å²) in [6, 6.07) is 8.82. The van der Waals surface area contributed by atoms with Crippen LogP contribution in [0.15, 0.2) is 36.7 Å². The van der Waals surface area contributed by atoms with E-state index in [1.54, 1.807) is 6.20 Å². The maximum absolute atomic E-state index is 5.78. The third-order valence-electron chi connectivity index (χ3n) is 3.08. The normalized spacial score (nSPS) is 11.0. The van der Waals surface area contributed by atoms with Crippen LogP contribution in [0.4, 0.5) is 0 Å². The van der Waals surface area contributed by atoms with Crippen molar-refractivity contribution in [3.8, 4) is 5.75 Å². The minimum absolute atomic E-state index is 0.357. The summed E-state index contributed by atoms with van der Waals surface area (Å²) < 4.78 is 7.68. The minimum Gasteiger partial charge on any atom is -0.486 e. The highest BCUT2D eigenvalue weighted by molar-refractivity contribution is 5.23. The second kappa shape index (κ2) is 7.10. The molecule has 1 aromatic heterocycles. The van der Waals surface area contributed by atoms with Gasteiger partial charge in [-0.15, -0.1) is 0 Å². The Labute approximate surface area is 120 Å². The van der Waals surface area contributed by atoms with E-state index < -0.39 is 0 Å². The van der Waals surface area contributed by atoms with Crippen LogP contribution in [0.2, 0.25) is 0 Å². The number of aromatic nitrogens is 2. The topological polar surface area (TPSA) is 39.1 Å². The molecule has 0 radical (unpaired) electrons. The molecule has 0 amide bonds. The number of hydrogen-bond acceptors (Lipinski definition) is 3. The van der Waals surface area contributed by atoms with Gasteiger partial charge in [0.1, 0.15) is 6.61 Å². The molecule has 4 heteroatoms. The Morgan fingerprint density at radius 1 is 1.30 bits per heavy atom. The highest BCUT2D eigenvalue weighted by Gasteiger charge is 2.03. The van der Waals surface area contributed by atoms with Gasteiger partial charge in [-0.3, -0.25) is 4.68 Å². The number of rotatable bonds is 7. The van der Waals surface area contributed by atoms with E-state index in [0.29, 0.717) is 12.6 Å². The number of ether oxygens (including phenoxy) is 1. The predicted molar refractivity (Wildman–Crippen MR) is 80.8 cm³/mol. The van der Waals surface area contributed by atoms with Crippen molar-refractivity contribution in [2.75, 3.05) is 6.54 Å². The molecule has 2 rings (SSSR count). The lowest BCUT2D eigenvalue weighted by Gasteiger charge is -2.07. The quantitative estimate of drug-likeness (QED) is 0.842. The Balaban J connectivity index is 1.92. The first-order chi connectivity index (χ1) is 9.69. The molecule has 0 aliphatic heterocycles. The molecule has 1 heterocycles. The molecule has 108 valence electrons. The second-order valence-corrected chi connectivity index (χ2v) is 5.14. The molecule has 0 fully saturated rings. The molecular weight excluding hydrogens is 250 g/mol. The van der Waals surface area contributed by atoms with Gasteiger partial charge < -0.3 is 10.1 Å². The van der Waals surface area contributed by atoms with Crippen molar-refractivity contribution in [3.05, 3.63) is 47.8 Å². The van der Waals surface area contributed by atoms with Crippen LogP contribution in [0, 0.1) is 0 Å². The molecule has 0 saturated heterocycles. The molecular formula is C16H23N3O. The molecule has 1 N–H and O–H groups in total. The van der Waals surface area contributed by atoms with E-state index in [9.17, 15) is 0 Å². The maximum Gasteiger partial charge on any atom is 0.157 e. The summed E-state index contributed by atoms with van der Waals surface area (Å²) in [4.78, 5) is 0. The standard InChI is InChI=1S/C16H23N3O/c1-4-17-9-14-6-5-7-15(8-14)12-20-16-10-18-19(11-16)13(2)3/h5-8,10-11,13,17H,4,9,12H2,1-3H3. The van der Waals surface area contributed by atoms with Crippen LogP contribution < -0.4 is 10.1 Å². The summed E-state index contributed by atoms with van der Waals surface area (Å²) in [6.07, 6.45) is 3.70. The van der Waals surface area contributed by atoms with Crippen LogP contribution in [-0.4, -0.2) is 16.3 Å². The van der Waals surface area contributed by atoms with Crippen LogP contribution in [0.1, 0.15) is 37.9 Å². The van der Waals surface area contributed by atoms with E-state index in [2.05, 4.69) is 55.5 Å². The molecule has 0 unspecified atom stereocenters. The predicted octanol–water partition coefficient (Wildman–Crippen LogP) is 3.15. The zero-order valence-corrected chi connectivity index (χ0v) is 12.5. The van der Waals surface area contributed by atoms with Gasteiger partial charge in [0.05, 0.1) is 12.4 Å². The van der Waals surface area contributed by atoms with Gasteiger partial charge >= 0.3 is 0 Å². The van der Waals surface area contributed by atoms with Gasteiger partial charge in [0.2, 0.25) is 0 Å². The van der Waals surface area contributed by atoms with Gasteiger partial charge in [-0.05, 0) is 31.5 Å². The van der Waals surface area contributed by atoms with E-state index in [-0.39, 0.29) is 0 Å². The SMILES string of the molecule is CCNCc1cccc(COc2cnn(C(C)C)c2)c1. The molecule has 0 spiro atoms. The highest BCUT2D eigenvalue weighted by atomic mass is 16.5. The Morgan fingerprint density at radius 3 is 2.80 bits per heavy atom. The van der Waals surface area contributed by atoms with E-state index in [1.807, 2.05) is 10.9 Å². The van der Waals surface area contributed by atoms with Crippen molar-refractivity contribution < 1.29 is 4.74 Å². The lowest BCUT2D eigenvalue weighted by Crippen LogP contribution is -2.11.